The molecule has 1 atom stereocenters. The van der Waals surface area contributed by atoms with Crippen LogP contribution in [0.3, 0.4) is 0 Å². The molecule has 0 spiro atoms. The summed E-state index contributed by atoms with van der Waals surface area (Å²) in [6.07, 6.45) is 4.85. The van der Waals surface area contributed by atoms with Gasteiger partial charge < -0.3 is 24.4 Å². The number of methoxy groups -OCH3 is 1. The lowest BCUT2D eigenvalue weighted by molar-refractivity contribution is 0.0552. The summed E-state index contributed by atoms with van der Waals surface area (Å²) in [6.45, 7) is 8.63. The molecule has 1 aromatic carbocycles. The van der Waals surface area contributed by atoms with E-state index in [4.69, 9.17) is 14.2 Å². The topological polar surface area (TPSA) is 72.9 Å². The van der Waals surface area contributed by atoms with Crippen LogP contribution in [0.1, 0.15) is 32.8 Å². The minimum absolute atomic E-state index is 0.109. The number of carbonyl (C=O) groups excluding carboxylic acids is 1. The number of nitrogens with one attached hydrogen (secondary N) is 1. The number of urea groups is 1. The molecule has 2 aromatic rings. The first-order valence-corrected chi connectivity index (χ1v) is 11.1. The van der Waals surface area contributed by atoms with Gasteiger partial charge in [-0.3, -0.25) is 0 Å². The summed E-state index contributed by atoms with van der Waals surface area (Å²) >= 11 is 0. The van der Waals surface area contributed by atoms with Crippen LogP contribution in [0.4, 0.5) is 10.5 Å². The Labute approximate surface area is 190 Å². The summed E-state index contributed by atoms with van der Waals surface area (Å²) in [7, 11) is 1.56. The molecule has 0 bridgehead atoms. The number of anilines is 1. The van der Waals surface area contributed by atoms with E-state index in [1.807, 2.05) is 36.9 Å². The highest BCUT2D eigenvalue weighted by atomic mass is 16.5. The summed E-state index contributed by atoms with van der Waals surface area (Å²) in [6, 6.07) is 11.5. The maximum absolute atomic E-state index is 12.7. The Morgan fingerprint density at radius 1 is 1.28 bits per heavy atom. The zero-order valence-corrected chi connectivity index (χ0v) is 19.3. The summed E-state index contributed by atoms with van der Waals surface area (Å²) in [4.78, 5) is 18.6. The summed E-state index contributed by atoms with van der Waals surface area (Å²) in [5, 5.41) is 2.91. The third kappa shape index (κ3) is 6.99. The molecule has 1 fully saturated rings. The fourth-order valence-electron chi connectivity index (χ4n) is 3.58. The van der Waals surface area contributed by atoms with E-state index in [0.29, 0.717) is 37.9 Å². The minimum Gasteiger partial charge on any atom is -0.491 e. The quantitative estimate of drug-likeness (QED) is 0.595. The third-order valence-electron chi connectivity index (χ3n) is 5.29. The molecular formula is C25H33N3O4. The Morgan fingerprint density at radius 2 is 2.12 bits per heavy atom. The van der Waals surface area contributed by atoms with Gasteiger partial charge in [-0.05, 0) is 49.9 Å². The Bertz CT molecular complexity index is 912. The molecule has 0 saturated carbocycles. The third-order valence-corrected chi connectivity index (χ3v) is 5.29. The first kappa shape index (κ1) is 23.6. The van der Waals surface area contributed by atoms with Crippen molar-refractivity contribution in [2.45, 2.75) is 33.3 Å². The van der Waals surface area contributed by atoms with Crippen molar-refractivity contribution in [1.82, 2.24) is 9.88 Å². The van der Waals surface area contributed by atoms with E-state index in [0.717, 1.165) is 17.7 Å². The van der Waals surface area contributed by atoms with Crippen LogP contribution in [0.25, 0.3) is 6.08 Å². The van der Waals surface area contributed by atoms with Crippen LogP contribution in [0, 0.1) is 5.92 Å². The molecule has 7 heteroatoms. The second kappa shape index (κ2) is 11.5. The predicted molar refractivity (Wildman–Crippen MR) is 126 cm³/mol. The average Bonchev–Trinajstić information content (AvgIpc) is 2.79. The van der Waals surface area contributed by atoms with Crippen molar-refractivity contribution >= 4 is 17.8 Å². The van der Waals surface area contributed by atoms with Crippen molar-refractivity contribution in [3.63, 3.8) is 0 Å². The number of pyridine rings is 1. The molecule has 1 aliphatic rings. The van der Waals surface area contributed by atoms with Gasteiger partial charge in [0.2, 0.25) is 5.88 Å². The molecule has 172 valence electrons. The van der Waals surface area contributed by atoms with Gasteiger partial charge in [-0.15, -0.1) is 0 Å². The van der Waals surface area contributed by atoms with Crippen LogP contribution in [0.15, 0.2) is 48.2 Å². The van der Waals surface area contributed by atoms with Crippen LogP contribution in [0.5, 0.6) is 11.6 Å². The van der Waals surface area contributed by atoms with Crippen molar-refractivity contribution in [1.29, 1.82) is 0 Å². The number of hydrogen-bond acceptors (Lipinski definition) is 5. The van der Waals surface area contributed by atoms with Gasteiger partial charge in [-0.1, -0.05) is 30.7 Å². The first-order valence-electron chi connectivity index (χ1n) is 11.1. The van der Waals surface area contributed by atoms with E-state index in [9.17, 15) is 4.79 Å². The van der Waals surface area contributed by atoms with Crippen molar-refractivity contribution < 1.29 is 19.0 Å². The Balaban J connectivity index is 1.54. The number of carbonyl (C=O) groups is 1. The molecule has 1 aliphatic heterocycles. The van der Waals surface area contributed by atoms with Gasteiger partial charge in [0.1, 0.15) is 12.4 Å². The molecular weight excluding hydrogens is 406 g/mol. The van der Waals surface area contributed by atoms with Crippen LogP contribution in [0.2, 0.25) is 0 Å². The number of aromatic nitrogens is 1. The first-order chi connectivity index (χ1) is 15.4. The molecule has 3 rings (SSSR count). The Morgan fingerprint density at radius 3 is 2.81 bits per heavy atom. The lowest BCUT2D eigenvalue weighted by Crippen LogP contribution is -2.42. The number of ether oxygens (including phenoxy) is 3. The van der Waals surface area contributed by atoms with E-state index >= 15 is 0 Å². The monoisotopic (exact) mass is 439 g/mol. The van der Waals surface area contributed by atoms with Crippen molar-refractivity contribution in [3.8, 4) is 11.6 Å². The number of piperidine rings is 1. The number of likely N-dealkylation sites (tertiary alicyclic amines) is 1. The van der Waals surface area contributed by atoms with E-state index in [-0.39, 0.29) is 18.1 Å². The molecule has 1 unspecified atom stereocenters. The molecule has 1 N–H and O–H groups in total. The molecule has 0 radical (unpaired) electrons. The normalized spacial score (nSPS) is 17.5. The van der Waals surface area contributed by atoms with Gasteiger partial charge >= 0.3 is 6.03 Å². The van der Waals surface area contributed by atoms with E-state index in [1.165, 1.54) is 5.57 Å². The predicted octanol–water partition coefficient (Wildman–Crippen LogP) is 4.85. The maximum atomic E-state index is 12.7. The number of nitrogens with zero attached hydrogens (tertiary/aromatic N) is 2. The minimum atomic E-state index is -0.109. The molecule has 7 nitrogen and oxygen atoms in total. The van der Waals surface area contributed by atoms with Crippen molar-refractivity contribution in [3.05, 3.63) is 53.7 Å². The highest BCUT2D eigenvalue weighted by Gasteiger charge is 2.24. The second-order valence-corrected chi connectivity index (χ2v) is 8.18. The highest BCUT2D eigenvalue weighted by molar-refractivity contribution is 5.89. The highest BCUT2D eigenvalue weighted by Crippen LogP contribution is 2.26. The van der Waals surface area contributed by atoms with Crippen LogP contribution < -0.4 is 14.8 Å². The fraction of sp³-hybridized carbons (Fsp3) is 0.440. The van der Waals surface area contributed by atoms with Gasteiger partial charge in [0.05, 0.1) is 31.7 Å². The number of hydrogen-bond donors (Lipinski definition) is 1. The second-order valence-electron chi connectivity index (χ2n) is 8.18. The number of rotatable bonds is 8. The van der Waals surface area contributed by atoms with Crippen molar-refractivity contribution in [2.75, 3.05) is 38.7 Å². The lowest BCUT2D eigenvalue weighted by Gasteiger charge is -2.33. The fourth-order valence-corrected chi connectivity index (χ4v) is 3.58. The van der Waals surface area contributed by atoms with Gasteiger partial charge in [0.15, 0.2) is 0 Å². The van der Waals surface area contributed by atoms with Gasteiger partial charge in [-0.25, -0.2) is 9.78 Å². The zero-order valence-electron chi connectivity index (χ0n) is 19.3. The molecule has 0 aliphatic carbocycles. The average molecular weight is 440 g/mol. The molecule has 2 heterocycles. The summed E-state index contributed by atoms with van der Waals surface area (Å²) in [5.74, 6) is 1.62. The van der Waals surface area contributed by atoms with E-state index < -0.39 is 0 Å². The molecule has 1 aromatic heterocycles. The van der Waals surface area contributed by atoms with Gasteiger partial charge in [0.25, 0.3) is 0 Å². The Hall–Kier alpha value is -3.06. The van der Waals surface area contributed by atoms with Crippen LogP contribution >= 0.6 is 0 Å². The van der Waals surface area contributed by atoms with E-state index in [2.05, 4.69) is 29.4 Å². The lowest BCUT2D eigenvalue weighted by atomic mass is 9.91. The zero-order chi connectivity index (χ0) is 22.9. The standard InChI is InChI=1S/C25H33N3O4/c1-18(2)31-12-13-32-23-7-5-6-20(15-23)14-21-10-11-28(17-19(21)3)25(29)27-22-8-9-24(30-4)26-16-22/h5-9,14-16,18-19H,10-13,17H2,1-4H3,(H,27,29)/b21-14+. The maximum Gasteiger partial charge on any atom is 0.321 e. The SMILES string of the molecule is COc1ccc(NC(=O)N2CC/C(=C\c3cccc(OCCOC(C)C)c3)C(C)C2)cn1. The summed E-state index contributed by atoms with van der Waals surface area (Å²) in [5.41, 5.74) is 3.09. The number of benzene rings is 1. The van der Waals surface area contributed by atoms with Gasteiger partial charge in [-0.2, -0.15) is 0 Å². The van der Waals surface area contributed by atoms with Gasteiger partial charge in [0, 0.05) is 19.2 Å². The molecule has 32 heavy (non-hydrogen) atoms. The molecule has 1 saturated heterocycles. The Kier molecular flexibility index (Phi) is 8.50. The van der Waals surface area contributed by atoms with Crippen LogP contribution in [-0.4, -0.2) is 55.4 Å². The van der Waals surface area contributed by atoms with E-state index in [1.54, 1.807) is 25.4 Å². The number of amides is 2. The summed E-state index contributed by atoms with van der Waals surface area (Å²) < 4.78 is 16.4. The largest absolute Gasteiger partial charge is 0.491 e. The van der Waals surface area contributed by atoms with Crippen LogP contribution in [-0.2, 0) is 4.74 Å². The molecule has 2 amide bonds. The smallest absolute Gasteiger partial charge is 0.321 e. The van der Waals surface area contributed by atoms with Crippen molar-refractivity contribution in [2.24, 2.45) is 5.92 Å².